The quantitative estimate of drug-likeness (QED) is 0.566. The average Bonchev–Trinajstić information content (AvgIpc) is 3.07. The summed E-state index contributed by atoms with van der Waals surface area (Å²) in [5, 5.41) is 0.580. The van der Waals surface area contributed by atoms with Gasteiger partial charge in [-0.25, -0.2) is 9.97 Å². The van der Waals surface area contributed by atoms with Crippen LogP contribution in [0, 0.1) is 6.92 Å². The fourth-order valence-corrected chi connectivity index (χ4v) is 4.13. The zero-order valence-electron chi connectivity index (χ0n) is 13.5. The van der Waals surface area contributed by atoms with Gasteiger partial charge in [0.1, 0.15) is 11.4 Å². The number of hydrogen-bond donors (Lipinski definition) is 2. The Morgan fingerprint density at radius 3 is 2.19 bits per heavy atom. The Labute approximate surface area is 165 Å². The first-order valence-electron chi connectivity index (χ1n) is 6.96. The van der Waals surface area contributed by atoms with Crippen LogP contribution in [0.15, 0.2) is 18.2 Å². The number of aromatic nitrogens is 2. The highest BCUT2D eigenvalue weighted by molar-refractivity contribution is 8.93. The molecular weight excluding hydrogens is 453 g/mol. The van der Waals surface area contributed by atoms with Crippen molar-refractivity contribution in [2.45, 2.75) is 13.1 Å². The lowest BCUT2D eigenvalue weighted by molar-refractivity contribution is -0.137. The third-order valence-corrected chi connectivity index (χ3v) is 5.35. The van der Waals surface area contributed by atoms with Crippen LogP contribution < -0.4 is 16.2 Å². The molecule has 2 aromatic heterocycles. The molecule has 0 atom stereocenters. The van der Waals surface area contributed by atoms with Crippen molar-refractivity contribution in [3.63, 3.8) is 0 Å². The summed E-state index contributed by atoms with van der Waals surface area (Å²) in [6.45, 7) is 1.75. The molecule has 2 heterocycles. The predicted molar refractivity (Wildman–Crippen MR) is 104 cm³/mol. The molecule has 1 aromatic carbocycles. The van der Waals surface area contributed by atoms with Gasteiger partial charge in [-0.15, -0.1) is 17.0 Å². The van der Waals surface area contributed by atoms with Crippen molar-refractivity contribution < 1.29 is 17.9 Å². The maximum atomic E-state index is 13.1. The smallest absolute Gasteiger partial charge is 0.416 e. The first-order chi connectivity index (χ1) is 11.7. The Morgan fingerprint density at radius 1 is 1.04 bits per heavy atom. The number of alkyl halides is 3. The molecule has 0 amide bonds. The number of methoxy groups -OCH3 is 1. The fourth-order valence-electron chi connectivity index (χ4n) is 2.37. The summed E-state index contributed by atoms with van der Waals surface area (Å²) in [6.07, 6.45) is -4.47. The van der Waals surface area contributed by atoms with E-state index in [0.29, 0.717) is 32.0 Å². The monoisotopic (exact) mass is 466 g/mol. The molecule has 0 saturated heterocycles. The van der Waals surface area contributed by atoms with Crippen LogP contribution in [0.5, 0.6) is 5.75 Å². The van der Waals surface area contributed by atoms with Gasteiger partial charge in [0.25, 0.3) is 0 Å². The van der Waals surface area contributed by atoms with Gasteiger partial charge in [-0.05, 0) is 25.1 Å². The summed E-state index contributed by atoms with van der Waals surface area (Å²) in [5.74, 6) is 0.299. The molecule has 0 radical (unpaired) electrons. The van der Waals surface area contributed by atoms with E-state index >= 15 is 0 Å². The highest BCUT2D eigenvalue weighted by Crippen LogP contribution is 2.46. The Hall–Kier alpha value is -1.85. The van der Waals surface area contributed by atoms with E-state index in [9.17, 15) is 13.2 Å². The molecule has 0 spiro atoms. The van der Waals surface area contributed by atoms with Crippen molar-refractivity contribution in [3.05, 3.63) is 29.5 Å². The molecule has 0 aliphatic carbocycles. The molecule has 3 aromatic rings. The number of aryl methyl sites for hydroxylation is 1. The minimum Gasteiger partial charge on any atom is -0.496 e. The summed E-state index contributed by atoms with van der Waals surface area (Å²) >= 11 is 2.29. The van der Waals surface area contributed by atoms with Gasteiger partial charge in [0, 0.05) is 5.56 Å². The normalized spacial score (nSPS) is 11.3. The molecule has 26 heavy (non-hydrogen) atoms. The number of thiazole rings is 2. The minimum atomic E-state index is -4.47. The topological polar surface area (TPSA) is 87.0 Å². The van der Waals surface area contributed by atoms with E-state index < -0.39 is 11.7 Å². The molecule has 0 unspecified atom stereocenters. The van der Waals surface area contributed by atoms with Gasteiger partial charge < -0.3 is 16.2 Å². The molecule has 4 N–H and O–H groups in total. The lowest BCUT2D eigenvalue weighted by Crippen LogP contribution is -2.05. The van der Waals surface area contributed by atoms with E-state index in [1.54, 1.807) is 6.92 Å². The molecule has 0 fully saturated rings. The van der Waals surface area contributed by atoms with Crippen LogP contribution in [-0.4, -0.2) is 17.1 Å². The van der Waals surface area contributed by atoms with Crippen molar-refractivity contribution in [1.82, 2.24) is 9.97 Å². The van der Waals surface area contributed by atoms with Crippen molar-refractivity contribution in [1.29, 1.82) is 0 Å². The first kappa shape index (κ1) is 20.5. The SMILES string of the molecule is Br.COc1ccc(C(F)(F)F)cc1-c1sc(N)nc1-c1sc(N)nc1C. The van der Waals surface area contributed by atoms with Crippen LogP contribution in [0.4, 0.5) is 23.4 Å². The number of nitrogens with zero attached hydrogens (tertiary/aromatic N) is 2. The second-order valence-corrected chi connectivity index (χ2v) is 7.17. The van der Waals surface area contributed by atoms with Crippen molar-refractivity contribution >= 4 is 49.9 Å². The summed E-state index contributed by atoms with van der Waals surface area (Å²) in [7, 11) is 1.39. The number of ether oxygens (including phenoxy) is 1. The molecule has 0 bridgehead atoms. The summed E-state index contributed by atoms with van der Waals surface area (Å²) in [6, 6.07) is 3.29. The zero-order valence-corrected chi connectivity index (χ0v) is 16.9. The van der Waals surface area contributed by atoms with E-state index in [0.717, 1.165) is 23.5 Å². The van der Waals surface area contributed by atoms with Gasteiger partial charge >= 0.3 is 6.18 Å². The fraction of sp³-hybridized carbons (Fsp3) is 0.200. The van der Waals surface area contributed by atoms with E-state index in [-0.39, 0.29) is 27.7 Å². The maximum Gasteiger partial charge on any atom is 0.416 e. The minimum absolute atomic E-state index is 0. The van der Waals surface area contributed by atoms with Crippen molar-refractivity contribution in [2.24, 2.45) is 0 Å². The molecule has 0 aliphatic rings. The van der Waals surface area contributed by atoms with Gasteiger partial charge in [0.15, 0.2) is 10.3 Å². The molecule has 0 saturated carbocycles. The number of nitrogens with two attached hydrogens (primary N) is 2. The summed E-state index contributed by atoms with van der Waals surface area (Å²) in [4.78, 5) is 9.56. The van der Waals surface area contributed by atoms with Gasteiger partial charge in [-0.3, -0.25) is 0 Å². The van der Waals surface area contributed by atoms with Crippen LogP contribution in [0.25, 0.3) is 21.0 Å². The molecule has 3 rings (SSSR count). The van der Waals surface area contributed by atoms with Crippen LogP contribution in [-0.2, 0) is 6.18 Å². The molecular formula is C15H14BrF3N4OS2. The van der Waals surface area contributed by atoms with Crippen LogP contribution >= 0.6 is 39.7 Å². The number of rotatable bonds is 3. The average molecular weight is 467 g/mol. The molecule has 0 aliphatic heterocycles. The van der Waals surface area contributed by atoms with Crippen molar-refractivity contribution in [2.75, 3.05) is 18.6 Å². The lowest BCUT2D eigenvalue weighted by atomic mass is 10.1. The standard InChI is InChI=1S/C15H13F3N4OS2.BrH/c1-6-11(24-13(19)21-6)10-12(25-14(20)22-10)8-5-7(15(16,17)18)3-4-9(8)23-2;/h3-5H,1-2H3,(H2,19,21)(H2,20,22);1H. The Balaban J connectivity index is 0.00000243. The van der Waals surface area contributed by atoms with Gasteiger partial charge in [0.05, 0.1) is 28.1 Å². The molecule has 140 valence electrons. The second-order valence-electron chi connectivity index (χ2n) is 5.11. The second kappa shape index (κ2) is 7.41. The summed E-state index contributed by atoms with van der Waals surface area (Å²) < 4.78 is 44.6. The number of benzene rings is 1. The summed E-state index contributed by atoms with van der Waals surface area (Å²) in [5.41, 5.74) is 12.1. The Kier molecular flexibility index (Phi) is 5.83. The molecule has 5 nitrogen and oxygen atoms in total. The Bertz CT molecular complexity index is 940. The number of halogens is 4. The zero-order chi connectivity index (χ0) is 18.4. The first-order valence-corrected chi connectivity index (χ1v) is 8.59. The number of anilines is 2. The van der Waals surface area contributed by atoms with Gasteiger partial charge in [0.2, 0.25) is 0 Å². The number of hydrogen-bond acceptors (Lipinski definition) is 7. The van der Waals surface area contributed by atoms with E-state index in [1.165, 1.54) is 24.5 Å². The lowest BCUT2D eigenvalue weighted by Gasteiger charge is -2.12. The van der Waals surface area contributed by atoms with E-state index in [2.05, 4.69) is 9.97 Å². The van der Waals surface area contributed by atoms with Crippen LogP contribution in [0.2, 0.25) is 0 Å². The highest BCUT2D eigenvalue weighted by atomic mass is 79.9. The van der Waals surface area contributed by atoms with E-state index in [1.807, 2.05) is 0 Å². The largest absolute Gasteiger partial charge is 0.496 e. The van der Waals surface area contributed by atoms with Crippen molar-refractivity contribution in [3.8, 4) is 26.8 Å². The Morgan fingerprint density at radius 2 is 1.65 bits per heavy atom. The number of nitrogen functional groups attached to an aromatic ring is 2. The highest BCUT2D eigenvalue weighted by Gasteiger charge is 2.32. The molecule has 11 heteroatoms. The van der Waals surface area contributed by atoms with Gasteiger partial charge in [-0.2, -0.15) is 13.2 Å². The maximum absolute atomic E-state index is 13.1. The van der Waals surface area contributed by atoms with Crippen LogP contribution in [0.3, 0.4) is 0 Å². The van der Waals surface area contributed by atoms with Crippen LogP contribution in [0.1, 0.15) is 11.3 Å². The third kappa shape index (κ3) is 3.79. The van der Waals surface area contributed by atoms with E-state index in [4.69, 9.17) is 16.2 Å². The van der Waals surface area contributed by atoms with Gasteiger partial charge in [-0.1, -0.05) is 22.7 Å². The third-order valence-electron chi connectivity index (χ3n) is 3.44. The predicted octanol–water partition coefficient (Wildman–Crippen LogP) is 5.01.